The van der Waals surface area contributed by atoms with Gasteiger partial charge in [0.05, 0.1) is 12.7 Å². The Labute approximate surface area is 178 Å². The van der Waals surface area contributed by atoms with Crippen LogP contribution in [0.5, 0.6) is 0 Å². The summed E-state index contributed by atoms with van der Waals surface area (Å²) in [4.78, 5) is 12.0. The Morgan fingerprint density at radius 1 is 1.20 bits per heavy atom. The summed E-state index contributed by atoms with van der Waals surface area (Å²) in [6.07, 6.45) is 2.85. The van der Waals surface area contributed by atoms with Crippen LogP contribution in [0.25, 0.3) is 0 Å². The lowest BCUT2D eigenvalue weighted by Gasteiger charge is -2.11. The van der Waals surface area contributed by atoms with E-state index in [9.17, 15) is 17.6 Å². The van der Waals surface area contributed by atoms with Gasteiger partial charge in [0.15, 0.2) is 0 Å². The molecule has 1 amide bonds. The molecule has 0 unspecified atom stereocenters. The van der Waals surface area contributed by atoms with Crippen molar-refractivity contribution in [3.63, 3.8) is 0 Å². The van der Waals surface area contributed by atoms with Crippen LogP contribution < -0.4 is 10.0 Å². The van der Waals surface area contributed by atoms with Crippen LogP contribution in [0.3, 0.4) is 0 Å². The Kier molecular flexibility index (Phi) is 6.66. The standard InChI is InChI=1S/C20H18ClFN4O3S/c1-2-10-24-30(28,29)18-12-15(5-8-17(18)22)20(27)25-19-9-11-23-26(19)13-14-3-6-16(21)7-4-14/h2-9,11-12,24H,1,10,13H2,(H,25,27). The first-order valence-electron chi connectivity index (χ1n) is 8.78. The van der Waals surface area contributed by atoms with Crippen LogP contribution in [0.2, 0.25) is 5.02 Å². The fourth-order valence-corrected chi connectivity index (χ4v) is 3.84. The summed E-state index contributed by atoms with van der Waals surface area (Å²) in [5.41, 5.74) is 0.900. The molecule has 3 aromatic rings. The van der Waals surface area contributed by atoms with E-state index in [0.717, 1.165) is 17.7 Å². The lowest BCUT2D eigenvalue weighted by atomic mass is 10.2. The number of nitrogens with one attached hydrogen (secondary N) is 2. The van der Waals surface area contributed by atoms with Crippen LogP contribution in [0.4, 0.5) is 10.2 Å². The molecule has 2 N–H and O–H groups in total. The Morgan fingerprint density at radius 3 is 2.63 bits per heavy atom. The van der Waals surface area contributed by atoms with Gasteiger partial charge in [0.2, 0.25) is 10.0 Å². The molecule has 0 atom stereocenters. The fraction of sp³-hybridized carbons (Fsp3) is 0.100. The summed E-state index contributed by atoms with van der Waals surface area (Å²) >= 11 is 5.89. The van der Waals surface area contributed by atoms with E-state index in [1.807, 2.05) is 12.1 Å². The van der Waals surface area contributed by atoms with E-state index in [1.165, 1.54) is 18.3 Å². The monoisotopic (exact) mass is 448 g/mol. The van der Waals surface area contributed by atoms with Crippen LogP contribution in [-0.2, 0) is 16.6 Å². The van der Waals surface area contributed by atoms with Gasteiger partial charge in [-0.15, -0.1) is 6.58 Å². The smallest absolute Gasteiger partial charge is 0.256 e. The minimum absolute atomic E-state index is 0.0189. The van der Waals surface area contributed by atoms with E-state index < -0.39 is 26.6 Å². The van der Waals surface area contributed by atoms with Crippen LogP contribution >= 0.6 is 11.6 Å². The average Bonchev–Trinajstić information content (AvgIpc) is 3.14. The molecule has 2 aromatic carbocycles. The quantitative estimate of drug-likeness (QED) is 0.516. The first kappa shape index (κ1) is 21.7. The van der Waals surface area contributed by atoms with Crippen molar-refractivity contribution in [1.82, 2.24) is 14.5 Å². The van der Waals surface area contributed by atoms with Gasteiger partial charge >= 0.3 is 0 Å². The van der Waals surface area contributed by atoms with E-state index in [1.54, 1.807) is 22.9 Å². The van der Waals surface area contributed by atoms with Crippen molar-refractivity contribution in [1.29, 1.82) is 0 Å². The number of hydrogen-bond acceptors (Lipinski definition) is 4. The third kappa shape index (κ3) is 5.12. The summed E-state index contributed by atoms with van der Waals surface area (Å²) in [6, 6.07) is 11.9. The highest BCUT2D eigenvalue weighted by Crippen LogP contribution is 2.18. The molecule has 0 fully saturated rings. The zero-order chi connectivity index (χ0) is 21.7. The van der Waals surface area contributed by atoms with Crippen molar-refractivity contribution < 1.29 is 17.6 Å². The third-order valence-corrected chi connectivity index (χ3v) is 5.79. The number of carbonyl (C=O) groups excluding carboxylic acids is 1. The van der Waals surface area contributed by atoms with E-state index in [0.29, 0.717) is 17.4 Å². The number of sulfonamides is 1. The average molecular weight is 449 g/mol. The van der Waals surface area contributed by atoms with Crippen LogP contribution in [0.1, 0.15) is 15.9 Å². The van der Waals surface area contributed by atoms with Gasteiger partial charge in [0, 0.05) is 23.2 Å². The van der Waals surface area contributed by atoms with Gasteiger partial charge in [-0.1, -0.05) is 29.8 Å². The second-order valence-corrected chi connectivity index (χ2v) is 8.41. The van der Waals surface area contributed by atoms with E-state index in [4.69, 9.17) is 11.6 Å². The predicted octanol–water partition coefficient (Wildman–Crippen LogP) is 3.44. The molecule has 0 aliphatic heterocycles. The topological polar surface area (TPSA) is 93.1 Å². The fourth-order valence-electron chi connectivity index (χ4n) is 2.61. The molecule has 3 rings (SSSR count). The summed E-state index contributed by atoms with van der Waals surface area (Å²) < 4.78 is 42.3. The van der Waals surface area contributed by atoms with Crippen molar-refractivity contribution in [2.45, 2.75) is 11.4 Å². The maximum Gasteiger partial charge on any atom is 0.256 e. The highest BCUT2D eigenvalue weighted by molar-refractivity contribution is 7.89. The largest absolute Gasteiger partial charge is 0.307 e. The third-order valence-electron chi connectivity index (χ3n) is 4.10. The highest BCUT2D eigenvalue weighted by atomic mass is 35.5. The molecule has 0 spiro atoms. The van der Waals surface area contributed by atoms with Gasteiger partial charge in [0.25, 0.3) is 5.91 Å². The molecule has 156 valence electrons. The lowest BCUT2D eigenvalue weighted by molar-refractivity contribution is 0.102. The molecule has 1 aromatic heterocycles. The molecular formula is C20H18ClFN4O3S. The summed E-state index contributed by atoms with van der Waals surface area (Å²) in [5.74, 6) is -1.17. The number of hydrogen-bond donors (Lipinski definition) is 2. The Bertz CT molecular complexity index is 1180. The van der Waals surface area contributed by atoms with E-state index >= 15 is 0 Å². The van der Waals surface area contributed by atoms with Crippen molar-refractivity contribution in [3.05, 3.63) is 89.3 Å². The zero-order valence-electron chi connectivity index (χ0n) is 15.7. The minimum atomic E-state index is -4.13. The number of nitrogens with zero attached hydrogens (tertiary/aromatic N) is 2. The van der Waals surface area contributed by atoms with Gasteiger partial charge in [0.1, 0.15) is 16.5 Å². The number of benzene rings is 2. The second kappa shape index (κ2) is 9.21. The molecular weight excluding hydrogens is 431 g/mol. The summed E-state index contributed by atoms with van der Waals surface area (Å²) in [5, 5.41) is 7.45. The van der Waals surface area contributed by atoms with Crippen molar-refractivity contribution in [2.24, 2.45) is 0 Å². The SMILES string of the molecule is C=CCNS(=O)(=O)c1cc(C(=O)Nc2ccnn2Cc2ccc(Cl)cc2)ccc1F. The Morgan fingerprint density at radius 2 is 1.93 bits per heavy atom. The van der Waals surface area contributed by atoms with E-state index in [2.05, 4.69) is 21.7 Å². The minimum Gasteiger partial charge on any atom is -0.307 e. The molecule has 10 heteroatoms. The lowest BCUT2D eigenvalue weighted by Crippen LogP contribution is -2.25. The van der Waals surface area contributed by atoms with Gasteiger partial charge in [-0.05, 0) is 35.9 Å². The molecule has 7 nitrogen and oxygen atoms in total. The normalized spacial score (nSPS) is 11.3. The molecule has 30 heavy (non-hydrogen) atoms. The molecule has 1 heterocycles. The highest BCUT2D eigenvalue weighted by Gasteiger charge is 2.21. The molecule has 0 aliphatic rings. The van der Waals surface area contributed by atoms with Crippen molar-refractivity contribution in [3.8, 4) is 0 Å². The predicted molar refractivity (Wildman–Crippen MR) is 113 cm³/mol. The van der Waals surface area contributed by atoms with E-state index in [-0.39, 0.29) is 12.1 Å². The maximum atomic E-state index is 14.1. The molecule has 0 radical (unpaired) electrons. The number of anilines is 1. The molecule has 0 saturated heterocycles. The Balaban J connectivity index is 1.80. The van der Waals surface area contributed by atoms with Gasteiger partial charge in [-0.2, -0.15) is 5.10 Å². The maximum absolute atomic E-state index is 14.1. The molecule has 0 bridgehead atoms. The molecule has 0 aliphatic carbocycles. The first-order chi connectivity index (χ1) is 14.3. The number of carbonyl (C=O) groups is 1. The first-order valence-corrected chi connectivity index (χ1v) is 10.6. The van der Waals surface area contributed by atoms with Gasteiger partial charge in [-0.3, -0.25) is 4.79 Å². The van der Waals surface area contributed by atoms with Crippen molar-refractivity contribution >= 4 is 33.3 Å². The van der Waals surface area contributed by atoms with Crippen molar-refractivity contribution in [2.75, 3.05) is 11.9 Å². The number of amides is 1. The van der Waals surface area contributed by atoms with Crippen LogP contribution in [0, 0.1) is 5.82 Å². The van der Waals surface area contributed by atoms with Crippen LogP contribution in [-0.4, -0.2) is 30.7 Å². The van der Waals surface area contributed by atoms with Gasteiger partial charge in [-0.25, -0.2) is 22.2 Å². The number of halogens is 2. The molecule has 0 saturated carbocycles. The van der Waals surface area contributed by atoms with Crippen LogP contribution in [0.15, 0.2) is 72.3 Å². The summed E-state index contributed by atoms with van der Waals surface area (Å²) in [7, 11) is -4.13. The summed E-state index contributed by atoms with van der Waals surface area (Å²) in [6.45, 7) is 3.73. The van der Waals surface area contributed by atoms with Gasteiger partial charge < -0.3 is 5.32 Å². The Hall–Kier alpha value is -3.01. The second-order valence-electron chi connectivity index (χ2n) is 6.24. The number of aromatic nitrogens is 2. The zero-order valence-corrected chi connectivity index (χ0v) is 17.3. The number of rotatable bonds is 8.